The highest BCUT2D eigenvalue weighted by molar-refractivity contribution is 5.95. The Morgan fingerprint density at radius 1 is 0.944 bits per heavy atom. The predicted molar refractivity (Wildman–Crippen MR) is 125 cm³/mol. The van der Waals surface area contributed by atoms with E-state index < -0.39 is 60.2 Å². The van der Waals surface area contributed by atoms with E-state index in [0.717, 1.165) is 12.0 Å². The van der Waals surface area contributed by atoms with Crippen LogP contribution in [0.5, 0.6) is 0 Å². The summed E-state index contributed by atoms with van der Waals surface area (Å²) in [6.45, 7) is 0.671. The number of carbonyl (C=O) groups is 6. The molecule has 1 aliphatic heterocycles. The molecule has 1 saturated heterocycles. The summed E-state index contributed by atoms with van der Waals surface area (Å²) in [7, 11) is 0. The van der Waals surface area contributed by atoms with Crippen molar-refractivity contribution in [1.82, 2.24) is 21.3 Å². The first kappa shape index (κ1) is 28.2. The molecular formula is C23H31N5O8. The van der Waals surface area contributed by atoms with E-state index in [1.807, 2.05) is 0 Å². The maximum absolute atomic E-state index is 13.2. The van der Waals surface area contributed by atoms with Crippen LogP contribution >= 0.6 is 0 Å². The maximum Gasteiger partial charge on any atom is 0.326 e. The summed E-state index contributed by atoms with van der Waals surface area (Å²) in [4.78, 5) is 72.3. The van der Waals surface area contributed by atoms with Gasteiger partial charge in [-0.2, -0.15) is 0 Å². The van der Waals surface area contributed by atoms with Crippen molar-refractivity contribution < 1.29 is 39.0 Å². The number of hydrogen-bond acceptors (Lipinski definition) is 7. The first-order chi connectivity index (χ1) is 17.1. The first-order valence-electron chi connectivity index (χ1n) is 11.5. The number of carboxylic acid groups (broad SMARTS) is 2. The molecule has 36 heavy (non-hydrogen) atoms. The number of nitrogens with one attached hydrogen (secondary N) is 4. The highest BCUT2D eigenvalue weighted by Gasteiger charge is 2.32. The maximum atomic E-state index is 13.2. The molecule has 1 fully saturated rings. The van der Waals surface area contributed by atoms with Gasteiger partial charge < -0.3 is 37.2 Å². The van der Waals surface area contributed by atoms with Crippen LogP contribution in [0.1, 0.15) is 37.7 Å². The van der Waals surface area contributed by atoms with Crippen molar-refractivity contribution in [3.8, 4) is 0 Å². The molecule has 0 aliphatic carbocycles. The fraction of sp³-hybridized carbons (Fsp3) is 0.478. The molecule has 13 heteroatoms. The van der Waals surface area contributed by atoms with E-state index >= 15 is 0 Å². The summed E-state index contributed by atoms with van der Waals surface area (Å²) in [5.41, 5.74) is 5.90. The summed E-state index contributed by atoms with van der Waals surface area (Å²) in [5.74, 6) is -5.91. The Morgan fingerprint density at radius 2 is 1.58 bits per heavy atom. The largest absolute Gasteiger partial charge is 0.481 e. The predicted octanol–water partition coefficient (Wildman–Crippen LogP) is -1.74. The molecule has 0 bridgehead atoms. The Labute approximate surface area is 207 Å². The third kappa shape index (κ3) is 9.33. The first-order valence-corrected chi connectivity index (χ1v) is 11.5. The average molecular weight is 506 g/mol. The van der Waals surface area contributed by atoms with Crippen LogP contribution in [-0.2, 0) is 35.2 Å². The van der Waals surface area contributed by atoms with Crippen molar-refractivity contribution in [2.45, 2.75) is 62.7 Å². The Bertz CT molecular complexity index is 965. The molecule has 1 aliphatic rings. The number of hydrogen-bond donors (Lipinski definition) is 7. The zero-order valence-corrected chi connectivity index (χ0v) is 19.6. The lowest BCUT2D eigenvalue weighted by Crippen LogP contribution is -2.57. The van der Waals surface area contributed by atoms with Gasteiger partial charge in [0.25, 0.3) is 0 Å². The van der Waals surface area contributed by atoms with E-state index in [4.69, 9.17) is 10.8 Å². The van der Waals surface area contributed by atoms with Gasteiger partial charge in [-0.3, -0.25) is 24.0 Å². The number of rotatable bonds is 14. The number of primary amides is 1. The van der Waals surface area contributed by atoms with Crippen molar-refractivity contribution in [2.24, 2.45) is 5.73 Å². The normalized spacial score (nSPS) is 17.3. The smallest absolute Gasteiger partial charge is 0.326 e. The fourth-order valence-electron chi connectivity index (χ4n) is 3.71. The molecule has 0 saturated carbocycles. The molecule has 2 rings (SSSR count). The van der Waals surface area contributed by atoms with Crippen molar-refractivity contribution >= 4 is 35.6 Å². The lowest BCUT2D eigenvalue weighted by Gasteiger charge is -2.25. The minimum Gasteiger partial charge on any atom is -0.481 e. The van der Waals surface area contributed by atoms with E-state index in [1.165, 1.54) is 0 Å². The van der Waals surface area contributed by atoms with Crippen LogP contribution in [-0.4, -0.2) is 76.5 Å². The van der Waals surface area contributed by atoms with Crippen molar-refractivity contribution in [2.75, 3.05) is 6.54 Å². The van der Waals surface area contributed by atoms with Gasteiger partial charge in [-0.05, 0) is 31.4 Å². The highest BCUT2D eigenvalue weighted by atomic mass is 16.4. The van der Waals surface area contributed by atoms with Gasteiger partial charge >= 0.3 is 11.9 Å². The zero-order valence-electron chi connectivity index (χ0n) is 19.6. The molecule has 0 radical (unpaired) electrons. The van der Waals surface area contributed by atoms with Crippen LogP contribution in [0.15, 0.2) is 30.3 Å². The quantitative estimate of drug-likeness (QED) is 0.152. The van der Waals surface area contributed by atoms with Gasteiger partial charge in [0.2, 0.25) is 23.6 Å². The van der Waals surface area contributed by atoms with E-state index in [-0.39, 0.29) is 25.2 Å². The van der Waals surface area contributed by atoms with E-state index in [2.05, 4.69) is 21.3 Å². The van der Waals surface area contributed by atoms with Crippen LogP contribution in [0.3, 0.4) is 0 Å². The van der Waals surface area contributed by atoms with Gasteiger partial charge in [0.15, 0.2) is 0 Å². The van der Waals surface area contributed by atoms with Crippen molar-refractivity contribution in [1.29, 1.82) is 0 Å². The molecule has 4 amide bonds. The van der Waals surface area contributed by atoms with Crippen molar-refractivity contribution in [3.63, 3.8) is 0 Å². The van der Waals surface area contributed by atoms with Crippen LogP contribution < -0.4 is 27.0 Å². The minimum atomic E-state index is -1.75. The Hall–Kier alpha value is -4.00. The Kier molecular flexibility index (Phi) is 10.8. The van der Waals surface area contributed by atoms with Crippen LogP contribution in [0, 0.1) is 0 Å². The topological polar surface area (TPSA) is 217 Å². The molecule has 196 valence electrons. The molecule has 0 aromatic heterocycles. The summed E-state index contributed by atoms with van der Waals surface area (Å²) >= 11 is 0. The van der Waals surface area contributed by atoms with Gasteiger partial charge in [-0.25, -0.2) is 4.79 Å². The second kappa shape index (κ2) is 13.8. The molecule has 4 atom stereocenters. The summed E-state index contributed by atoms with van der Waals surface area (Å²) in [6, 6.07) is 4.15. The second-order valence-electron chi connectivity index (χ2n) is 8.46. The van der Waals surface area contributed by atoms with Crippen LogP contribution in [0.25, 0.3) is 0 Å². The molecular weight excluding hydrogens is 474 g/mol. The SMILES string of the molecule is NC(=O)CCC(NC(=O)C(Cc1ccccc1)NC(=O)C1CCCN1)C(=O)NC(CC(=O)O)C(=O)O. The minimum absolute atomic E-state index is 0.103. The monoisotopic (exact) mass is 505 g/mol. The molecule has 0 spiro atoms. The molecule has 13 nitrogen and oxygen atoms in total. The molecule has 1 aromatic carbocycles. The van der Waals surface area contributed by atoms with E-state index in [0.29, 0.717) is 13.0 Å². The molecule has 8 N–H and O–H groups in total. The Morgan fingerprint density at radius 3 is 2.14 bits per heavy atom. The van der Waals surface area contributed by atoms with E-state index in [1.54, 1.807) is 30.3 Å². The Balaban J connectivity index is 2.20. The standard InChI is InChI=1S/C23H31N5O8/c24-18(29)9-8-15(21(33)28-17(23(35)36)12-19(30)31)26-22(34)16(11-13-5-2-1-3-6-13)27-20(32)14-7-4-10-25-14/h1-3,5-6,14-17,25H,4,7-12H2,(H2,24,29)(H,26,34)(H,27,32)(H,28,33)(H,30,31)(H,35,36). The average Bonchev–Trinajstić information content (AvgIpc) is 3.36. The van der Waals surface area contributed by atoms with Crippen LogP contribution in [0.2, 0.25) is 0 Å². The number of benzene rings is 1. The highest BCUT2D eigenvalue weighted by Crippen LogP contribution is 2.09. The molecule has 4 unspecified atom stereocenters. The lowest BCUT2D eigenvalue weighted by molar-refractivity contribution is -0.147. The summed E-state index contributed by atoms with van der Waals surface area (Å²) in [5, 5.41) is 28.4. The third-order valence-electron chi connectivity index (χ3n) is 5.60. The van der Waals surface area contributed by atoms with Gasteiger partial charge in [0.05, 0.1) is 12.5 Å². The number of aliphatic carboxylic acids is 2. The van der Waals surface area contributed by atoms with Gasteiger partial charge in [-0.15, -0.1) is 0 Å². The number of carbonyl (C=O) groups excluding carboxylic acids is 4. The van der Waals surface area contributed by atoms with Crippen LogP contribution in [0.4, 0.5) is 0 Å². The molecule has 1 heterocycles. The van der Waals surface area contributed by atoms with Gasteiger partial charge in [0.1, 0.15) is 18.1 Å². The number of carboxylic acids is 2. The number of amides is 4. The zero-order chi connectivity index (χ0) is 26.7. The third-order valence-corrected chi connectivity index (χ3v) is 5.60. The van der Waals surface area contributed by atoms with E-state index in [9.17, 15) is 33.9 Å². The van der Waals surface area contributed by atoms with Gasteiger partial charge in [-0.1, -0.05) is 30.3 Å². The number of nitrogens with two attached hydrogens (primary N) is 1. The van der Waals surface area contributed by atoms with Gasteiger partial charge in [0, 0.05) is 12.8 Å². The fourth-order valence-corrected chi connectivity index (χ4v) is 3.71. The van der Waals surface area contributed by atoms with Crippen molar-refractivity contribution in [3.05, 3.63) is 35.9 Å². The molecule has 1 aromatic rings. The lowest BCUT2D eigenvalue weighted by atomic mass is 10.0. The summed E-state index contributed by atoms with van der Waals surface area (Å²) < 4.78 is 0. The summed E-state index contributed by atoms with van der Waals surface area (Å²) in [6.07, 6.45) is 0.0589. The second-order valence-corrected chi connectivity index (χ2v) is 8.46.